The highest BCUT2D eigenvalue weighted by atomic mass is 16.3. The molecule has 2 heterocycles. The summed E-state index contributed by atoms with van der Waals surface area (Å²) < 4.78 is 2.07. The van der Waals surface area contributed by atoms with Crippen molar-refractivity contribution >= 4 is 11.5 Å². The molecule has 0 atom stereocenters. The predicted molar refractivity (Wildman–Crippen MR) is 90.4 cm³/mol. The van der Waals surface area contributed by atoms with E-state index in [-0.39, 0.29) is 11.3 Å². The van der Waals surface area contributed by atoms with Gasteiger partial charge in [0.05, 0.1) is 0 Å². The van der Waals surface area contributed by atoms with E-state index in [0.29, 0.717) is 0 Å². The number of aryl methyl sites for hydroxylation is 1. The second-order valence-electron chi connectivity index (χ2n) is 6.67. The number of nitrogens with one attached hydrogen (secondary N) is 1. The van der Waals surface area contributed by atoms with E-state index in [9.17, 15) is 5.11 Å². The Balaban J connectivity index is 2.26. The number of aromatic hydroxyl groups is 1. The summed E-state index contributed by atoms with van der Waals surface area (Å²) in [6.07, 6.45) is 2.07. The first-order valence-electron chi connectivity index (χ1n) is 7.40. The van der Waals surface area contributed by atoms with Gasteiger partial charge in [0.25, 0.3) is 0 Å². The van der Waals surface area contributed by atoms with Gasteiger partial charge in [-0.2, -0.15) is 0 Å². The van der Waals surface area contributed by atoms with Crippen molar-refractivity contribution in [3.05, 3.63) is 48.2 Å². The monoisotopic (exact) mass is 295 g/mol. The van der Waals surface area contributed by atoms with Crippen LogP contribution in [0.3, 0.4) is 0 Å². The fraction of sp³-hybridized carbons (Fsp3) is 0.278. The standard InChI is InChI=1S/C18H21N3O/c1-12-8-9-15-19-16(13-6-5-7-14(22)10-13)17(21(15)11-12)20-18(2,3)4/h5-11,20,22H,1-4H3. The maximum absolute atomic E-state index is 9.76. The van der Waals surface area contributed by atoms with Gasteiger partial charge in [-0.3, -0.25) is 4.40 Å². The number of rotatable bonds is 2. The molecule has 0 fully saturated rings. The normalized spacial score (nSPS) is 11.8. The Kier molecular flexibility index (Phi) is 3.32. The molecule has 0 saturated carbocycles. The summed E-state index contributed by atoms with van der Waals surface area (Å²) in [5.41, 5.74) is 3.70. The van der Waals surface area contributed by atoms with Gasteiger partial charge in [-0.05, 0) is 51.5 Å². The van der Waals surface area contributed by atoms with Crippen LogP contribution in [0, 0.1) is 6.92 Å². The van der Waals surface area contributed by atoms with Crippen LogP contribution in [0.4, 0.5) is 5.82 Å². The van der Waals surface area contributed by atoms with E-state index in [4.69, 9.17) is 4.98 Å². The largest absolute Gasteiger partial charge is 0.508 e. The lowest BCUT2D eigenvalue weighted by Crippen LogP contribution is -2.27. The molecule has 0 spiro atoms. The highest BCUT2D eigenvalue weighted by Gasteiger charge is 2.19. The minimum absolute atomic E-state index is 0.0920. The summed E-state index contributed by atoms with van der Waals surface area (Å²) in [6.45, 7) is 8.42. The first-order valence-corrected chi connectivity index (χ1v) is 7.40. The highest BCUT2D eigenvalue weighted by molar-refractivity contribution is 5.77. The van der Waals surface area contributed by atoms with Crippen LogP contribution in [-0.4, -0.2) is 20.0 Å². The van der Waals surface area contributed by atoms with Gasteiger partial charge in [-0.1, -0.05) is 18.2 Å². The van der Waals surface area contributed by atoms with Crippen molar-refractivity contribution in [3.8, 4) is 17.0 Å². The van der Waals surface area contributed by atoms with E-state index in [1.54, 1.807) is 12.1 Å². The Morgan fingerprint density at radius 3 is 2.59 bits per heavy atom. The lowest BCUT2D eigenvalue weighted by Gasteiger charge is -2.22. The number of phenols is 1. The molecule has 0 amide bonds. The molecule has 4 heteroatoms. The van der Waals surface area contributed by atoms with E-state index < -0.39 is 0 Å². The fourth-order valence-electron chi connectivity index (χ4n) is 2.48. The van der Waals surface area contributed by atoms with E-state index in [1.807, 2.05) is 18.2 Å². The molecule has 2 N–H and O–H groups in total. The molecule has 3 aromatic rings. The van der Waals surface area contributed by atoms with E-state index in [0.717, 1.165) is 22.7 Å². The van der Waals surface area contributed by atoms with Crippen molar-refractivity contribution in [2.75, 3.05) is 5.32 Å². The van der Waals surface area contributed by atoms with Crippen LogP contribution in [0.15, 0.2) is 42.6 Å². The first kappa shape index (κ1) is 14.4. The molecule has 0 radical (unpaired) electrons. The average molecular weight is 295 g/mol. The molecule has 2 aromatic heterocycles. The number of anilines is 1. The molecule has 4 nitrogen and oxygen atoms in total. The Hall–Kier alpha value is -2.49. The quantitative estimate of drug-likeness (QED) is 0.744. The maximum atomic E-state index is 9.76. The predicted octanol–water partition coefficient (Wildman–Crippen LogP) is 4.23. The zero-order chi connectivity index (χ0) is 15.9. The van der Waals surface area contributed by atoms with Crippen molar-refractivity contribution in [1.29, 1.82) is 0 Å². The van der Waals surface area contributed by atoms with Crippen molar-refractivity contribution in [1.82, 2.24) is 9.38 Å². The number of imidazole rings is 1. The number of benzene rings is 1. The zero-order valence-electron chi connectivity index (χ0n) is 13.4. The Morgan fingerprint density at radius 2 is 1.91 bits per heavy atom. The van der Waals surface area contributed by atoms with Crippen LogP contribution in [0.2, 0.25) is 0 Å². The second-order valence-corrected chi connectivity index (χ2v) is 6.67. The first-order chi connectivity index (χ1) is 10.3. The molecule has 114 valence electrons. The van der Waals surface area contributed by atoms with Crippen molar-refractivity contribution in [3.63, 3.8) is 0 Å². The SMILES string of the molecule is Cc1ccc2nc(-c3cccc(O)c3)c(NC(C)(C)C)n2c1. The number of aromatic nitrogens is 2. The lowest BCUT2D eigenvalue weighted by molar-refractivity contribution is 0.475. The number of hydrogen-bond acceptors (Lipinski definition) is 3. The van der Waals surface area contributed by atoms with E-state index in [2.05, 4.69) is 49.7 Å². The zero-order valence-corrected chi connectivity index (χ0v) is 13.4. The summed E-state index contributed by atoms with van der Waals surface area (Å²) in [5, 5.41) is 13.3. The average Bonchev–Trinajstić information content (AvgIpc) is 2.75. The van der Waals surface area contributed by atoms with Gasteiger partial charge in [-0.15, -0.1) is 0 Å². The molecule has 0 aliphatic carbocycles. The topological polar surface area (TPSA) is 49.6 Å². The summed E-state index contributed by atoms with van der Waals surface area (Å²) in [6, 6.07) is 11.3. The molecule has 0 saturated heterocycles. The Bertz CT molecular complexity index is 828. The summed E-state index contributed by atoms with van der Waals surface area (Å²) in [4.78, 5) is 4.74. The van der Waals surface area contributed by atoms with Crippen LogP contribution in [0.25, 0.3) is 16.9 Å². The molecule has 3 rings (SSSR count). The van der Waals surface area contributed by atoms with Crippen molar-refractivity contribution in [2.24, 2.45) is 0 Å². The van der Waals surface area contributed by atoms with Crippen LogP contribution in [-0.2, 0) is 0 Å². The Labute approximate surface area is 130 Å². The molecule has 0 bridgehead atoms. The van der Waals surface area contributed by atoms with Gasteiger partial charge >= 0.3 is 0 Å². The van der Waals surface area contributed by atoms with E-state index >= 15 is 0 Å². The number of hydrogen-bond donors (Lipinski definition) is 2. The molecule has 0 aliphatic heterocycles. The third-order valence-corrected chi connectivity index (χ3v) is 3.38. The van der Waals surface area contributed by atoms with Gasteiger partial charge in [0.1, 0.15) is 22.9 Å². The fourth-order valence-corrected chi connectivity index (χ4v) is 2.48. The highest BCUT2D eigenvalue weighted by Crippen LogP contribution is 2.32. The number of phenolic OH excluding ortho intramolecular Hbond substituents is 1. The third kappa shape index (κ3) is 2.77. The molecule has 1 aromatic carbocycles. The van der Waals surface area contributed by atoms with E-state index in [1.165, 1.54) is 5.56 Å². The van der Waals surface area contributed by atoms with Crippen molar-refractivity contribution in [2.45, 2.75) is 33.2 Å². The summed E-state index contributed by atoms with van der Waals surface area (Å²) in [7, 11) is 0. The van der Waals surface area contributed by atoms with Gasteiger partial charge in [-0.25, -0.2) is 4.98 Å². The van der Waals surface area contributed by atoms with Gasteiger partial charge in [0, 0.05) is 17.3 Å². The molecular formula is C18H21N3O. The third-order valence-electron chi connectivity index (χ3n) is 3.38. The number of fused-ring (bicyclic) bond motifs is 1. The number of nitrogens with zero attached hydrogens (tertiary/aromatic N) is 2. The minimum atomic E-state index is -0.0920. The smallest absolute Gasteiger partial charge is 0.139 e. The van der Waals surface area contributed by atoms with Gasteiger partial charge < -0.3 is 10.4 Å². The van der Waals surface area contributed by atoms with Crippen LogP contribution >= 0.6 is 0 Å². The maximum Gasteiger partial charge on any atom is 0.139 e. The van der Waals surface area contributed by atoms with Crippen molar-refractivity contribution < 1.29 is 5.11 Å². The lowest BCUT2D eigenvalue weighted by atomic mass is 10.1. The van der Waals surface area contributed by atoms with Crippen LogP contribution < -0.4 is 5.32 Å². The summed E-state index contributed by atoms with van der Waals surface area (Å²) in [5.74, 6) is 1.18. The minimum Gasteiger partial charge on any atom is -0.508 e. The molecule has 22 heavy (non-hydrogen) atoms. The molecular weight excluding hydrogens is 274 g/mol. The Morgan fingerprint density at radius 1 is 1.14 bits per heavy atom. The molecule has 0 unspecified atom stereocenters. The second kappa shape index (κ2) is 5.05. The van der Waals surface area contributed by atoms with Crippen LogP contribution in [0.5, 0.6) is 5.75 Å². The van der Waals surface area contributed by atoms with Gasteiger partial charge in [0.15, 0.2) is 0 Å². The number of pyridine rings is 1. The molecule has 0 aliphatic rings. The van der Waals surface area contributed by atoms with Crippen LogP contribution in [0.1, 0.15) is 26.3 Å². The van der Waals surface area contributed by atoms with Gasteiger partial charge in [0.2, 0.25) is 0 Å². The summed E-state index contributed by atoms with van der Waals surface area (Å²) >= 11 is 0.